The van der Waals surface area contributed by atoms with Crippen LogP contribution in [0.5, 0.6) is 0 Å². The van der Waals surface area contributed by atoms with Gasteiger partial charge in [-0.15, -0.1) is 0 Å². The normalized spacial score (nSPS) is 40.6. The molecule has 0 aromatic carbocycles. The van der Waals surface area contributed by atoms with E-state index in [2.05, 4.69) is 29.0 Å². The molecule has 6 atom stereocenters. The summed E-state index contributed by atoms with van der Waals surface area (Å²) in [6.45, 7) is 4.99. The number of methoxy groups -OCH3 is 1. The summed E-state index contributed by atoms with van der Waals surface area (Å²) < 4.78 is 5.60. The van der Waals surface area contributed by atoms with Gasteiger partial charge in [0.15, 0.2) is 0 Å². The van der Waals surface area contributed by atoms with Gasteiger partial charge in [0.2, 0.25) is 0 Å². The van der Waals surface area contributed by atoms with Crippen LogP contribution in [0.3, 0.4) is 0 Å². The van der Waals surface area contributed by atoms with E-state index in [4.69, 9.17) is 4.74 Å². The summed E-state index contributed by atoms with van der Waals surface area (Å²) in [5, 5.41) is 2.82. The lowest BCUT2D eigenvalue weighted by Gasteiger charge is -2.53. The number of H-pyrrole nitrogens is 1. The second-order valence-electron chi connectivity index (χ2n) is 8.07. The number of nitrogens with one attached hydrogen (secondary N) is 1. The Labute approximate surface area is 138 Å². The highest BCUT2D eigenvalue weighted by atomic mass is 16.5. The molecule has 6 rings (SSSR count). The second-order valence-corrected chi connectivity index (χ2v) is 8.07. The molecule has 4 heterocycles. The number of hydrogen-bond acceptors (Lipinski definition) is 2. The molecule has 5 aliphatic rings. The van der Waals surface area contributed by atoms with Crippen LogP contribution in [0.25, 0.3) is 12.2 Å². The molecule has 3 aliphatic heterocycles. The van der Waals surface area contributed by atoms with Crippen molar-refractivity contribution in [2.45, 2.75) is 57.1 Å². The van der Waals surface area contributed by atoms with Crippen LogP contribution in [0.1, 0.15) is 49.8 Å². The molecule has 0 radical (unpaired) electrons. The van der Waals surface area contributed by atoms with Crippen LogP contribution in [0.2, 0.25) is 0 Å². The van der Waals surface area contributed by atoms with Gasteiger partial charge < -0.3 is 9.72 Å². The van der Waals surface area contributed by atoms with Crippen LogP contribution < -0.4 is 10.6 Å². The van der Waals surface area contributed by atoms with Crippen LogP contribution in [0.4, 0.5) is 0 Å². The maximum absolute atomic E-state index is 5.60. The van der Waals surface area contributed by atoms with Crippen molar-refractivity contribution in [1.82, 2.24) is 9.88 Å². The van der Waals surface area contributed by atoms with Crippen LogP contribution in [-0.4, -0.2) is 42.2 Å². The first-order valence-electron chi connectivity index (χ1n) is 9.48. The third kappa shape index (κ3) is 2.02. The largest absolute Gasteiger partial charge is 0.377 e. The van der Waals surface area contributed by atoms with E-state index in [0.717, 1.165) is 30.2 Å². The number of piperidine rings is 2. The first-order valence-corrected chi connectivity index (χ1v) is 9.48. The van der Waals surface area contributed by atoms with Crippen molar-refractivity contribution in [2.24, 2.45) is 11.8 Å². The number of fused-ring (bicyclic) bond motifs is 4. The molecule has 124 valence electrons. The number of aromatic nitrogens is 1. The van der Waals surface area contributed by atoms with Crippen molar-refractivity contribution in [3.05, 3.63) is 21.8 Å². The average molecular weight is 312 g/mol. The highest BCUT2D eigenvalue weighted by Gasteiger charge is 2.48. The van der Waals surface area contributed by atoms with Crippen LogP contribution in [0, 0.1) is 11.8 Å². The molecule has 23 heavy (non-hydrogen) atoms. The fourth-order valence-electron chi connectivity index (χ4n) is 6.02. The maximum atomic E-state index is 5.60. The first-order chi connectivity index (χ1) is 11.3. The Hall–Kier alpha value is -1.06. The van der Waals surface area contributed by atoms with Gasteiger partial charge in [-0.1, -0.05) is 19.4 Å². The standard InChI is InChI=1S/C20H28N2O/c1-3-13-8-12-9-17-19-15(6-7-22(11-12)20(13)17)16-10-14(23-2)4-5-18(16)21-19/h5,10,12-14,17,20-21H,3-4,6-9,11H2,1-2H3. The minimum absolute atomic E-state index is 0.255. The van der Waals surface area contributed by atoms with Gasteiger partial charge in [-0.2, -0.15) is 0 Å². The lowest BCUT2D eigenvalue weighted by Crippen LogP contribution is -2.56. The Bertz CT molecular complexity index is 734. The minimum atomic E-state index is 0.255. The van der Waals surface area contributed by atoms with Crippen molar-refractivity contribution in [3.8, 4) is 0 Å². The molecule has 3 fully saturated rings. The molecule has 2 saturated heterocycles. The van der Waals surface area contributed by atoms with Crippen molar-refractivity contribution in [2.75, 3.05) is 20.2 Å². The fraction of sp³-hybridized carbons (Fsp3) is 0.700. The summed E-state index contributed by atoms with van der Waals surface area (Å²) in [4.78, 5) is 6.69. The van der Waals surface area contributed by atoms with Crippen molar-refractivity contribution < 1.29 is 4.74 Å². The molecular weight excluding hydrogens is 284 g/mol. The fourth-order valence-corrected chi connectivity index (χ4v) is 6.02. The van der Waals surface area contributed by atoms with E-state index in [1.165, 1.54) is 49.3 Å². The molecule has 0 spiro atoms. The highest BCUT2D eigenvalue weighted by molar-refractivity contribution is 5.47. The van der Waals surface area contributed by atoms with E-state index in [1.807, 2.05) is 7.11 Å². The summed E-state index contributed by atoms with van der Waals surface area (Å²) in [7, 11) is 1.83. The van der Waals surface area contributed by atoms with Crippen molar-refractivity contribution in [1.29, 1.82) is 0 Å². The van der Waals surface area contributed by atoms with E-state index >= 15 is 0 Å². The summed E-state index contributed by atoms with van der Waals surface area (Å²) in [6.07, 6.45) is 11.4. The molecule has 6 unspecified atom stereocenters. The summed E-state index contributed by atoms with van der Waals surface area (Å²) in [6, 6.07) is 0.782. The lowest BCUT2D eigenvalue weighted by molar-refractivity contribution is -0.0135. The molecule has 1 aromatic rings. The Morgan fingerprint density at radius 2 is 2.26 bits per heavy atom. The molecule has 4 bridgehead atoms. The zero-order valence-electron chi connectivity index (χ0n) is 14.3. The maximum Gasteiger partial charge on any atom is 0.0796 e. The average Bonchev–Trinajstić information content (AvgIpc) is 2.92. The quantitative estimate of drug-likeness (QED) is 0.901. The third-order valence-electron chi connectivity index (χ3n) is 7.00. The van der Waals surface area contributed by atoms with E-state index in [1.54, 1.807) is 11.3 Å². The van der Waals surface area contributed by atoms with Crippen LogP contribution in [-0.2, 0) is 11.2 Å². The van der Waals surface area contributed by atoms with Gasteiger partial charge in [0, 0.05) is 48.4 Å². The summed E-state index contributed by atoms with van der Waals surface area (Å²) in [5.41, 5.74) is 3.18. The van der Waals surface area contributed by atoms with Gasteiger partial charge in [0.25, 0.3) is 0 Å². The Balaban J connectivity index is 1.65. The van der Waals surface area contributed by atoms with Gasteiger partial charge in [-0.05, 0) is 49.2 Å². The predicted molar refractivity (Wildman–Crippen MR) is 92.7 cm³/mol. The molecular formula is C20H28N2O. The second kappa shape index (κ2) is 5.22. The molecule has 3 nitrogen and oxygen atoms in total. The first kappa shape index (κ1) is 14.3. The third-order valence-corrected chi connectivity index (χ3v) is 7.00. The minimum Gasteiger partial charge on any atom is -0.377 e. The number of ether oxygens (including phenoxy) is 1. The van der Waals surface area contributed by atoms with Gasteiger partial charge in [-0.25, -0.2) is 0 Å². The zero-order valence-corrected chi connectivity index (χ0v) is 14.3. The molecule has 1 N–H and O–H groups in total. The molecule has 1 aromatic heterocycles. The van der Waals surface area contributed by atoms with Gasteiger partial charge in [-0.3, -0.25) is 4.90 Å². The van der Waals surface area contributed by atoms with Crippen molar-refractivity contribution >= 4 is 12.2 Å². The van der Waals surface area contributed by atoms with Crippen LogP contribution >= 0.6 is 0 Å². The Kier molecular flexibility index (Phi) is 3.24. The summed E-state index contributed by atoms with van der Waals surface area (Å²) in [5.74, 6) is 2.55. The number of hydrogen-bond donors (Lipinski definition) is 1. The zero-order chi connectivity index (χ0) is 15.6. The van der Waals surface area contributed by atoms with E-state index in [9.17, 15) is 0 Å². The monoisotopic (exact) mass is 312 g/mol. The Morgan fingerprint density at radius 3 is 3.09 bits per heavy atom. The summed E-state index contributed by atoms with van der Waals surface area (Å²) >= 11 is 0. The lowest BCUT2D eigenvalue weighted by atomic mass is 9.65. The molecule has 3 heteroatoms. The Morgan fingerprint density at radius 1 is 1.35 bits per heavy atom. The predicted octanol–water partition coefficient (Wildman–Crippen LogP) is 1.75. The smallest absolute Gasteiger partial charge is 0.0796 e. The van der Waals surface area contributed by atoms with Crippen molar-refractivity contribution in [3.63, 3.8) is 0 Å². The van der Waals surface area contributed by atoms with E-state index < -0.39 is 0 Å². The van der Waals surface area contributed by atoms with Gasteiger partial charge in [0.05, 0.1) is 6.10 Å². The van der Waals surface area contributed by atoms with Gasteiger partial charge in [0.1, 0.15) is 0 Å². The molecule has 2 aliphatic carbocycles. The molecule has 0 amide bonds. The highest BCUT2D eigenvalue weighted by Crippen LogP contribution is 2.49. The van der Waals surface area contributed by atoms with E-state index in [-0.39, 0.29) is 6.10 Å². The SMILES string of the molecule is CCC1CC2CC3c4[nH]c5c(c4CCN(C2)C13)=CC(OC)CC=5. The number of rotatable bonds is 2. The van der Waals surface area contributed by atoms with Gasteiger partial charge >= 0.3 is 0 Å². The topological polar surface area (TPSA) is 28.3 Å². The van der Waals surface area contributed by atoms with E-state index in [0.29, 0.717) is 0 Å². The number of aromatic amines is 1. The van der Waals surface area contributed by atoms with Crippen LogP contribution in [0.15, 0.2) is 0 Å². The molecule has 1 saturated carbocycles. The number of nitrogens with zero attached hydrogens (tertiary/aromatic N) is 1.